The molecule has 0 aromatic heterocycles. The van der Waals surface area contributed by atoms with Gasteiger partial charge in [-0.15, -0.1) is 0 Å². The van der Waals surface area contributed by atoms with E-state index in [1.807, 2.05) is 18.2 Å². The molecule has 4 aromatic carbocycles. The number of ether oxygens (including phenoxy) is 2. The molecule has 0 heterocycles. The van der Waals surface area contributed by atoms with E-state index in [0.29, 0.717) is 28.5 Å². The molecular formula is C35H35F2N2O6-. The molecule has 0 radical (unpaired) electrons. The number of aryl methyl sites for hydroxylation is 1. The Balaban J connectivity index is 1.54. The fourth-order valence-electron chi connectivity index (χ4n) is 5.07. The summed E-state index contributed by atoms with van der Waals surface area (Å²) in [5.41, 5.74) is 2.87. The number of anilines is 1. The highest BCUT2D eigenvalue weighted by Crippen LogP contribution is 2.33. The molecule has 4 aromatic rings. The second-order valence-electron chi connectivity index (χ2n) is 10.8. The number of halogens is 2. The number of unbranched alkanes of at least 4 members (excludes halogenated alkanes) is 3. The molecule has 0 saturated carbocycles. The van der Waals surface area contributed by atoms with E-state index in [2.05, 4.69) is 6.92 Å². The number of carbonyl (C=O) groups excluding carboxylic acids is 1. The predicted octanol–water partition coefficient (Wildman–Crippen LogP) is 7.43. The number of nitro groups is 1. The van der Waals surface area contributed by atoms with Crippen LogP contribution in [-0.2, 0) is 24.3 Å². The lowest BCUT2D eigenvalue weighted by molar-refractivity contribution is -0.385. The van der Waals surface area contributed by atoms with Gasteiger partial charge in [0.25, 0.3) is 5.69 Å². The van der Waals surface area contributed by atoms with Crippen LogP contribution in [0.2, 0.25) is 0 Å². The minimum absolute atomic E-state index is 0.0474. The minimum atomic E-state index is -1.31. The topological polar surface area (TPSA) is 105 Å². The first-order valence-electron chi connectivity index (χ1n) is 14.8. The monoisotopic (exact) mass is 617 g/mol. The van der Waals surface area contributed by atoms with Crippen LogP contribution in [0, 0.1) is 28.7 Å². The molecule has 0 N–H and O–H groups in total. The molecule has 8 nitrogen and oxygen atoms in total. The van der Waals surface area contributed by atoms with Gasteiger partial charge in [0.15, 0.2) is 0 Å². The molecule has 0 unspecified atom stereocenters. The number of hydrogen-bond acceptors (Lipinski definition) is 7. The van der Waals surface area contributed by atoms with Crippen LogP contribution >= 0.6 is 0 Å². The van der Waals surface area contributed by atoms with Gasteiger partial charge < -0.3 is 24.3 Å². The Kier molecular flexibility index (Phi) is 11.4. The van der Waals surface area contributed by atoms with E-state index < -0.39 is 29.1 Å². The van der Waals surface area contributed by atoms with Crippen molar-refractivity contribution in [2.24, 2.45) is 0 Å². The molecule has 45 heavy (non-hydrogen) atoms. The maximum Gasteiger partial charge on any atom is 0.274 e. The maximum absolute atomic E-state index is 14.6. The molecule has 0 spiro atoms. The summed E-state index contributed by atoms with van der Waals surface area (Å²) in [6.45, 7) is 3.53. The minimum Gasteiger partial charge on any atom is -0.546 e. The quantitative estimate of drug-likeness (QED) is 0.0731. The van der Waals surface area contributed by atoms with Crippen LogP contribution in [0.1, 0.15) is 54.9 Å². The molecule has 236 valence electrons. The number of nitrogens with zero attached hydrogens (tertiary/aromatic N) is 2. The second kappa shape index (κ2) is 15.7. The van der Waals surface area contributed by atoms with Crippen LogP contribution in [0.4, 0.5) is 20.2 Å². The summed E-state index contributed by atoms with van der Waals surface area (Å²) in [5, 5.41) is 22.6. The second-order valence-corrected chi connectivity index (χ2v) is 10.8. The maximum atomic E-state index is 14.6. The average Bonchev–Trinajstić information content (AvgIpc) is 3.01. The molecule has 0 aliphatic rings. The van der Waals surface area contributed by atoms with Gasteiger partial charge >= 0.3 is 0 Å². The van der Waals surface area contributed by atoms with E-state index in [1.165, 1.54) is 18.2 Å². The van der Waals surface area contributed by atoms with Crippen molar-refractivity contribution >= 4 is 17.3 Å². The fraction of sp³-hybridized carbons (Fsp3) is 0.286. The first-order chi connectivity index (χ1) is 21.6. The van der Waals surface area contributed by atoms with Crippen LogP contribution < -0.4 is 19.5 Å². The smallest absolute Gasteiger partial charge is 0.274 e. The van der Waals surface area contributed by atoms with E-state index >= 15 is 0 Å². The molecule has 0 aliphatic heterocycles. The van der Waals surface area contributed by atoms with Crippen molar-refractivity contribution in [1.82, 2.24) is 0 Å². The van der Waals surface area contributed by atoms with Crippen LogP contribution in [-0.4, -0.2) is 17.5 Å². The van der Waals surface area contributed by atoms with Gasteiger partial charge in [-0.1, -0.05) is 56.5 Å². The Bertz CT molecular complexity index is 1630. The van der Waals surface area contributed by atoms with Crippen molar-refractivity contribution in [3.05, 3.63) is 123 Å². The van der Waals surface area contributed by atoms with Crippen LogP contribution in [0.5, 0.6) is 17.2 Å². The number of aliphatic carboxylic acids is 1. The SMILES string of the molecule is CCCCCCc1ccc(Oc2ccc(CN(Cc3ccc(F)cc3F)c3cccc([N+](=O)[O-])c3C)cc2)cc1OCC(=O)[O-]. The van der Waals surface area contributed by atoms with Crippen LogP contribution in [0.3, 0.4) is 0 Å². The number of hydrogen-bond donors (Lipinski definition) is 0. The van der Waals surface area contributed by atoms with Gasteiger partial charge in [0.2, 0.25) is 0 Å². The molecule has 0 saturated heterocycles. The molecule has 0 amide bonds. The number of carboxylic acid groups (broad SMARTS) is 1. The van der Waals surface area contributed by atoms with Gasteiger partial charge in [0, 0.05) is 42.5 Å². The Morgan fingerprint density at radius 3 is 2.31 bits per heavy atom. The van der Waals surface area contributed by atoms with E-state index in [1.54, 1.807) is 48.2 Å². The molecular weight excluding hydrogens is 582 g/mol. The number of rotatable bonds is 16. The lowest BCUT2D eigenvalue weighted by Crippen LogP contribution is -2.29. The molecule has 4 rings (SSSR count). The Labute approximate surface area is 261 Å². The third-order valence-electron chi connectivity index (χ3n) is 7.41. The lowest BCUT2D eigenvalue weighted by Gasteiger charge is -2.27. The van der Waals surface area contributed by atoms with Gasteiger partial charge in [-0.05, 0) is 61.2 Å². The normalized spacial score (nSPS) is 10.8. The number of carbonyl (C=O) groups is 1. The molecule has 0 aliphatic carbocycles. The lowest BCUT2D eigenvalue weighted by atomic mass is 10.1. The zero-order chi connectivity index (χ0) is 32.3. The summed E-state index contributed by atoms with van der Waals surface area (Å²) in [6.07, 6.45) is 5.01. The fourth-order valence-corrected chi connectivity index (χ4v) is 5.07. The van der Waals surface area contributed by atoms with Gasteiger partial charge in [0.05, 0.1) is 16.5 Å². The van der Waals surface area contributed by atoms with E-state index in [4.69, 9.17) is 9.47 Å². The number of carboxylic acids is 1. The van der Waals surface area contributed by atoms with Crippen molar-refractivity contribution in [3.63, 3.8) is 0 Å². The zero-order valence-electron chi connectivity index (χ0n) is 25.3. The molecule has 0 fully saturated rings. The predicted molar refractivity (Wildman–Crippen MR) is 165 cm³/mol. The summed E-state index contributed by atoms with van der Waals surface area (Å²) in [5.74, 6) is -1.30. The van der Waals surface area contributed by atoms with Crippen molar-refractivity contribution < 1.29 is 33.1 Å². The third kappa shape index (κ3) is 9.25. The third-order valence-corrected chi connectivity index (χ3v) is 7.41. The summed E-state index contributed by atoms with van der Waals surface area (Å²) < 4.78 is 39.7. The number of benzene rings is 4. The van der Waals surface area contributed by atoms with Gasteiger partial charge in [-0.25, -0.2) is 8.78 Å². The molecule has 0 bridgehead atoms. The van der Waals surface area contributed by atoms with Gasteiger partial charge in [0.1, 0.15) is 35.5 Å². The summed E-state index contributed by atoms with van der Waals surface area (Å²) in [6, 6.07) is 20.6. The van der Waals surface area contributed by atoms with Crippen molar-refractivity contribution in [3.8, 4) is 17.2 Å². The van der Waals surface area contributed by atoms with E-state index in [-0.39, 0.29) is 24.3 Å². The highest BCUT2D eigenvalue weighted by Gasteiger charge is 2.20. The summed E-state index contributed by atoms with van der Waals surface area (Å²) >= 11 is 0. The Morgan fingerprint density at radius 2 is 1.62 bits per heavy atom. The average molecular weight is 618 g/mol. The molecule has 0 atom stereocenters. The largest absolute Gasteiger partial charge is 0.546 e. The van der Waals surface area contributed by atoms with Crippen LogP contribution in [0.25, 0.3) is 0 Å². The van der Waals surface area contributed by atoms with Crippen molar-refractivity contribution in [2.75, 3.05) is 11.5 Å². The molecule has 10 heteroatoms. The first-order valence-corrected chi connectivity index (χ1v) is 14.8. The highest BCUT2D eigenvalue weighted by atomic mass is 19.1. The van der Waals surface area contributed by atoms with Gasteiger partial charge in [-0.3, -0.25) is 10.1 Å². The summed E-state index contributed by atoms with van der Waals surface area (Å²) in [4.78, 5) is 24.0. The first kappa shape index (κ1) is 32.9. The van der Waals surface area contributed by atoms with Gasteiger partial charge in [-0.2, -0.15) is 0 Å². The zero-order valence-corrected chi connectivity index (χ0v) is 25.3. The Hall–Kier alpha value is -4.99. The van der Waals surface area contributed by atoms with Crippen molar-refractivity contribution in [2.45, 2.75) is 59.0 Å². The van der Waals surface area contributed by atoms with E-state index in [9.17, 15) is 28.8 Å². The standard InChI is InChI=1S/C35H36F2N2O6/c1-3-4-5-6-8-26-14-18-30(20-34(26)44-23-35(40)41)45-29-16-11-25(12-17-29)21-38(22-27-13-15-28(36)19-31(27)37)32-9-7-10-33(24(32)2)39(42)43/h7,9-20H,3-6,8,21-23H2,1-2H3,(H,40,41)/p-1. The highest BCUT2D eigenvalue weighted by molar-refractivity contribution is 5.66. The summed E-state index contributed by atoms with van der Waals surface area (Å²) in [7, 11) is 0. The van der Waals surface area contributed by atoms with Crippen molar-refractivity contribution in [1.29, 1.82) is 0 Å². The van der Waals surface area contributed by atoms with Crippen LogP contribution in [0.15, 0.2) is 78.9 Å². The number of nitro benzene ring substituents is 1. The Morgan fingerprint density at radius 1 is 0.889 bits per heavy atom. The van der Waals surface area contributed by atoms with E-state index in [0.717, 1.165) is 49.3 Å².